The number of alkyl halides is 3. The Morgan fingerprint density at radius 1 is 1.10 bits per heavy atom. The minimum Gasteiger partial charge on any atom is -0.406 e. The summed E-state index contributed by atoms with van der Waals surface area (Å²) >= 11 is 0. The molecule has 0 bridgehead atoms. The summed E-state index contributed by atoms with van der Waals surface area (Å²) in [5, 5.41) is 0. The number of benzene rings is 1. The van der Waals surface area contributed by atoms with E-state index in [4.69, 9.17) is 19.2 Å². The standard InChI is InChI=1S/C34H43F3N4O6Si/c1-48(2,3)20-19-44-23-40-30-29(21-26(22-38-30)24-5-4-13-33(14-10-24)45-17-18-46-33)41(32(40)43)27-11-15-39(16-12-27)31(42)25-6-8-28(9-7-25)47-34(35,36)37/h6-10,21-22,27H,4-5,11-20,23H2,1-3H3. The van der Waals surface area contributed by atoms with E-state index >= 15 is 0 Å². The van der Waals surface area contributed by atoms with E-state index in [0.717, 1.165) is 54.1 Å². The number of carbonyl (C=O) groups excluding carboxylic acids is 1. The minimum atomic E-state index is -4.81. The third-order valence-electron chi connectivity index (χ3n) is 9.32. The first-order valence-corrected chi connectivity index (χ1v) is 20.3. The van der Waals surface area contributed by atoms with Gasteiger partial charge in [-0.15, -0.1) is 13.2 Å². The van der Waals surface area contributed by atoms with Crippen LogP contribution in [0.1, 0.15) is 60.5 Å². The molecule has 4 heterocycles. The number of allylic oxidation sites excluding steroid dienone is 1. The average molecular weight is 689 g/mol. The van der Waals surface area contributed by atoms with E-state index < -0.39 is 20.2 Å². The number of rotatable bonds is 9. The van der Waals surface area contributed by atoms with E-state index in [0.29, 0.717) is 57.8 Å². The molecule has 6 rings (SSSR count). The Balaban J connectivity index is 1.23. The summed E-state index contributed by atoms with van der Waals surface area (Å²) < 4.78 is 63.0. The fourth-order valence-electron chi connectivity index (χ4n) is 6.70. The van der Waals surface area contributed by atoms with Gasteiger partial charge in [-0.3, -0.25) is 13.9 Å². The molecule has 10 nitrogen and oxygen atoms in total. The van der Waals surface area contributed by atoms with E-state index in [1.807, 2.05) is 12.3 Å². The van der Waals surface area contributed by atoms with Crippen molar-refractivity contribution in [3.8, 4) is 5.75 Å². The Hall–Kier alpha value is -3.46. The third kappa shape index (κ3) is 7.87. The molecule has 2 fully saturated rings. The predicted molar refractivity (Wildman–Crippen MR) is 176 cm³/mol. The highest BCUT2D eigenvalue weighted by Gasteiger charge is 2.37. The number of pyridine rings is 1. The predicted octanol–water partition coefficient (Wildman–Crippen LogP) is 6.59. The molecule has 0 atom stereocenters. The van der Waals surface area contributed by atoms with Crippen molar-refractivity contribution in [3.63, 3.8) is 0 Å². The van der Waals surface area contributed by atoms with Crippen molar-refractivity contribution in [2.75, 3.05) is 32.9 Å². The van der Waals surface area contributed by atoms with Crippen LogP contribution in [0, 0.1) is 0 Å². The van der Waals surface area contributed by atoms with Crippen LogP contribution in [0.3, 0.4) is 0 Å². The smallest absolute Gasteiger partial charge is 0.406 e. The molecule has 1 aliphatic carbocycles. The molecule has 0 saturated carbocycles. The van der Waals surface area contributed by atoms with Crippen LogP contribution >= 0.6 is 0 Å². The first kappa shape index (κ1) is 34.4. The van der Waals surface area contributed by atoms with Gasteiger partial charge in [-0.1, -0.05) is 25.7 Å². The van der Waals surface area contributed by atoms with Crippen LogP contribution < -0.4 is 10.4 Å². The zero-order valence-electron chi connectivity index (χ0n) is 27.7. The van der Waals surface area contributed by atoms with Crippen LogP contribution in [0.15, 0.2) is 47.4 Å². The Labute approximate surface area is 278 Å². The second kappa shape index (κ2) is 13.8. The molecular formula is C34H43F3N4O6Si. The number of ether oxygens (including phenoxy) is 4. The second-order valence-corrected chi connectivity index (χ2v) is 19.6. The lowest BCUT2D eigenvalue weighted by Crippen LogP contribution is -2.41. The molecule has 14 heteroatoms. The summed E-state index contributed by atoms with van der Waals surface area (Å²) in [6.07, 6.45) is 3.48. The summed E-state index contributed by atoms with van der Waals surface area (Å²) in [6.45, 7) is 9.48. The van der Waals surface area contributed by atoms with Gasteiger partial charge in [0, 0.05) is 58.4 Å². The van der Waals surface area contributed by atoms with Gasteiger partial charge in [0.05, 0.1) is 18.7 Å². The summed E-state index contributed by atoms with van der Waals surface area (Å²) in [6, 6.07) is 7.77. The fraction of sp³-hybridized carbons (Fsp3) is 0.559. The minimum absolute atomic E-state index is 0.102. The molecule has 260 valence electrons. The van der Waals surface area contributed by atoms with Crippen molar-refractivity contribution >= 4 is 30.7 Å². The van der Waals surface area contributed by atoms with E-state index in [-0.39, 0.29) is 35.7 Å². The summed E-state index contributed by atoms with van der Waals surface area (Å²) in [7, 11) is -1.32. The molecule has 2 aliphatic heterocycles. The molecule has 48 heavy (non-hydrogen) atoms. The van der Waals surface area contributed by atoms with Crippen molar-refractivity contribution in [1.29, 1.82) is 0 Å². The van der Waals surface area contributed by atoms with Gasteiger partial charge in [0.1, 0.15) is 12.5 Å². The molecule has 2 saturated heterocycles. The number of imidazole rings is 1. The summed E-state index contributed by atoms with van der Waals surface area (Å²) in [4.78, 5) is 33.8. The zero-order valence-corrected chi connectivity index (χ0v) is 28.7. The normalized spacial score (nSPS) is 19.1. The number of halogens is 3. The van der Waals surface area contributed by atoms with Gasteiger partial charge in [0.15, 0.2) is 11.4 Å². The molecule has 0 N–H and O–H groups in total. The third-order valence-corrected chi connectivity index (χ3v) is 11.0. The molecule has 0 radical (unpaired) electrons. The molecule has 1 spiro atoms. The second-order valence-electron chi connectivity index (χ2n) is 14.0. The molecule has 1 aromatic carbocycles. The van der Waals surface area contributed by atoms with E-state index in [1.165, 1.54) is 12.1 Å². The SMILES string of the molecule is C[Si](C)(C)CCOCn1c(=O)n(C2CCN(C(=O)c3ccc(OC(F)(F)F)cc3)CC2)c2cc(C3=CCC4(CCC3)OCCO4)cnc21. The fourth-order valence-corrected chi connectivity index (χ4v) is 7.45. The highest BCUT2D eigenvalue weighted by molar-refractivity contribution is 6.76. The topological polar surface area (TPSA) is 97.1 Å². The van der Waals surface area contributed by atoms with Gasteiger partial charge < -0.3 is 23.8 Å². The maximum absolute atomic E-state index is 14.1. The monoisotopic (exact) mass is 688 g/mol. The summed E-state index contributed by atoms with van der Waals surface area (Å²) in [5.41, 5.74) is 3.45. The van der Waals surface area contributed by atoms with Gasteiger partial charge in [-0.05, 0) is 73.2 Å². The molecule has 3 aliphatic rings. The van der Waals surface area contributed by atoms with E-state index in [9.17, 15) is 22.8 Å². The Kier molecular flexibility index (Phi) is 9.89. The summed E-state index contributed by atoms with van der Waals surface area (Å²) in [5.74, 6) is -1.22. The van der Waals surface area contributed by atoms with Crippen molar-refractivity contribution in [2.24, 2.45) is 0 Å². The number of likely N-dealkylation sites (tertiary alicyclic amines) is 1. The molecular weight excluding hydrogens is 645 g/mol. The zero-order chi connectivity index (χ0) is 34.1. The van der Waals surface area contributed by atoms with Gasteiger partial charge in [0.2, 0.25) is 0 Å². The maximum atomic E-state index is 14.1. The lowest BCUT2D eigenvalue weighted by atomic mass is 10.0. The highest BCUT2D eigenvalue weighted by atomic mass is 28.3. The molecule has 2 aromatic heterocycles. The van der Waals surface area contributed by atoms with Crippen LogP contribution in [0.2, 0.25) is 25.7 Å². The number of amides is 1. The Morgan fingerprint density at radius 2 is 1.81 bits per heavy atom. The number of piperidine rings is 1. The Bertz CT molecular complexity index is 1700. The maximum Gasteiger partial charge on any atom is 0.573 e. The number of aromatic nitrogens is 3. The van der Waals surface area contributed by atoms with Crippen LogP contribution in [-0.4, -0.2) is 78.1 Å². The first-order chi connectivity index (χ1) is 22.8. The van der Waals surface area contributed by atoms with Crippen molar-refractivity contribution < 1.29 is 36.9 Å². The van der Waals surface area contributed by atoms with Gasteiger partial charge >= 0.3 is 12.1 Å². The van der Waals surface area contributed by atoms with Crippen LogP contribution in [0.4, 0.5) is 13.2 Å². The quantitative estimate of drug-likeness (QED) is 0.185. The largest absolute Gasteiger partial charge is 0.573 e. The number of fused-ring (bicyclic) bond motifs is 1. The number of carbonyl (C=O) groups is 1. The van der Waals surface area contributed by atoms with Crippen molar-refractivity contribution in [1.82, 2.24) is 19.0 Å². The van der Waals surface area contributed by atoms with Crippen LogP contribution in [0.5, 0.6) is 5.75 Å². The molecule has 0 unspecified atom stereocenters. The van der Waals surface area contributed by atoms with Gasteiger partial charge in [-0.2, -0.15) is 0 Å². The lowest BCUT2D eigenvalue weighted by molar-refractivity contribution is -0.274. The van der Waals surface area contributed by atoms with Gasteiger partial charge in [-0.25, -0.2) is 9.78 Å². The van der Waals surface area contributed by atoms with E-state index in [2.05, 4.69) is 30.5 Å². The van der Waals surface area contributed by atoms with Crippen LogP contribution in [0.25, 0.3) is 16.7 Å². The number of hydrogen-bond acceptors (Lipinski definition) is 7. The van der Waals surface area contributed by atoms with Crippen molar-refractivity contribution in [2.45, 2.75) is 89.1 Å². The number of nitrogens with zero attached hydrogens (tertiary/aromatic N) is 4. The number of hydrogen-bond donors (Lipinski definition) is 0. The Morgan fingerprint density at radius 3 is 2.48 bits per heavy atom. The lowest BCUT2D eigenvalue weighted by Gasteiger charge is -2.32. The molecule has 3 aromatic rings. The molecule has 1 amide bonds. The highest BCUT2D eigenvalue weighted by Crippen LogP contribution is 2.37. The van der Waals surface area contributed by atoms with E-state index in [1.54, 1.807) is 14.0 Å². The van der Waals surface area contributed by atoms with Crippen molar-refractivity contribution in [3.05, 3.63) is 64.2 Å². The van der Waals surface area contributed by atoms with Crippen LogP contribution in [-0.2, 0) is 20.9 Å². The average Bonchev–Trinajstić information content (AvgIpc) is 3.53. The van der Waals surface area contributed by atoms with Gasteiger partial charge in [0.25, 0.3) is 5.91 Å². The first-order valence-electron chi connectivity index (χ1n) is 16.6.